The number of aryl methyl sites for hydroxylation is 1. The lowest BCUT2D eigenvalue weighted by Gasteiger charge is -2.49. The highest BCUT2D eigenvalue weighted by Gasteiger charge is 2.58. The number of carbonyl (C=O) groups is 4. The maximum absolute atomic E-state index is 14.2. The van der Waals surface area contributed by atoms with Crippen molar-refractivity contribution in [3.8, 4) is 0 Å². The first-order valence-corrected chi connectivity index (χ1v) is 16.8. The Kier molecular flexibility index (Phi) is 9.54. The minimum Gasteiger partial charge on any atom is -0.449 e. The molecule has 1 aromatic heterocycles. The van der Waals surface area contributed by atoms with Crippen LogP contribution in [-0.4, -0.2) is 76.5 Å². The molecule has 3 unspecified atom stereocenters. The first kappa shape index (κ1) is 31.8. The standard InChI is InChI=1S/C32H28N6O7S2/c1-37-32(34-35-36-37)46-17-23-18-47(43)30-24(33-28(40)27(44-19-39)22-15-9-4-10-16-22)29(41)38(30)25(23)31(42)45-26(20-11-5-2-6-12-20)21-13-7-3-8-14-21/h2-16,19,24,26-27,30H,17-18H2,1H3,(H,33,40)/t24?,27?,30-,47?/m1/s1. The Morgan fingerprint density at radius 3 is 2.15 bits per heavy atom. The molecule has 0 saturated carbocycles. The third-order valence-corrected chi connectivity index (χ3v) is 10.4. The number of hydrogen-bond donors (Lipinski definition) is 1. The van der Waals surface area contributed by atoms with Gasteiger partial charge in [0.25, 0.3) is 18.3 Å². The van der Waals surface area contributed by atoms with Crippen LogP contribution in [0.15, 0.2) is 107 Å². The Labute approximate surface area is 275 Å². The van der Waals surface area contributed by atoms with Crippen LogP contribution < -0.4 is 5.32 Å². The van der Waals surface area contributed by atoms with E-state index in [4.69, 9.17) is 9.47 Å². The summed E-state index contributed by atoms with van der Waals surface area (Å²) in [5.41, 5.74) is 2.18. The van der Waals surface area contributed by atoms with Gasteiger partial charge < -0.3 is 14.8 Å². The van der Waals surface area contributed by atoms with Gasteiger partial charge in [-0.25, -0.2) is 9.48 Å². The minimum atomic E-state index is -1.72. The zero-order chi connectivity index (χ0) is 32.9. The van der Waals surface area contributed by atoms with Crippen LogP contribution in [0.25, 0.3) is 0 Å². The molecule has 0 aliphatic carbocycles. The lowest BCUT2D eigenvalue weighted by molar-refractivity contribution is -0.156. The monoisotopic (exact) mass is 672 g/mol. The number of hydrogen-bond acceptors (Lipinski definition) is 11. The number of β-lactam (4-membered cyclic amide) rings is 1. The van der Waals surface area contributed by atoms with Crippen LogP contribution in [0.1, 0.15) is 28.9 Å². The molecule has 0 bridgehead atoms. The summed E-state index contributed by atoms with van der Waals surface area (Å²) in [6.45, 7) is 0.147. The molecule has 3 heterocycles. The lowest BCUT2D eigenvalue weighted by atomic mass is 10.0. The molecule has 1 fully saturated rings. The van der Waals surface area contributed by atoms with Gasteiger partial charge in [-0.3, -0.25) is 23.5 Å². The topological polar surface area (TPSA) is 163 Å². The van der Waals surface area contributed by atoms with Gasteiger partial charge in [0.2, 0.25) is 11.3 Å². The molecule has 0 radical (unpaired) electrons. The van der Waals surface area contributed by atoms with Gasteiger partial charge in [0, 0.05) is 18.4 Å². The van der Waals surface area contributed by atoms with Gasteiger partial charge in [-0.2, -0.15) is 0 Å². The third kappa shape index (κ3) is 6.57. The second-order valence-electron chi connectivity index (χ2n) is 10.6. The molecule has 2 aliphatic rings. The van der Waals surface area contributed by atoms with E-state index in [-0.39, 0.29) is 23.7 Å². The maximum atomic E-state index is 14.2. The first-order valence-electron chi connectivity index (χ1n) is 14.4. The largest absolute Gasteiger partial charge is 0.449 e. The SMILES string of the molecule is Cn1nnnc1SCC1=C(C(=O)OC(c2ccccc2)c2ccccc2)N2C(=O)C(NC(=O)C(OC=O)c3ccccc3)[C@H]2S(=O)C1. The predicted octanol–water partition coefficient (Wildman–Crippen LogP) is 2.22. The number of amides is 2. The Morgan fingerprint density at radius 2 is 1.60 bits per heavy atom. The number of rotatable bonds is 12. The van der Waals surface area contributed by atoms with Crippen LogP contribution in [0, 0.1) is 0 Å². The van der Waals surface area contributed by atoms with Gasteiger partial charge in [-0.05, 0) is 27.1 Å². The van der Waals surface area contributed by atoms with E-state index in [1.54, 1.807) is 37.4 Å². The lowest BCUT2D eigenvalue weighted by Crippen LogP contribution is -2.74. The summed E-state index contributed by atoms with van der Waals surface area (Å²) in [6.07, 6.45) is -2.14. The Balaban J connectivity index is 1.31. The van der Waals surface area contributed by atoms with Gasteiger partial charge in [-0.1, -0.05) is 103 Å². The Hall–Kier alpha value is -5.15. The van der Waals surface area contributed by atoms with Gasteiger partial charge >= 0.3 is 5.97 Å². The summed E-state index contributed by atoms with van der Waals surface area (Å²) in [7, 11) is -0.0587. The third-order valence-electron chi connectivity index (χ3n) is 7.61. The van der Waals surface area contributed by atoms with Crippen molar-refractivity contribution in [3.63, 3.8) is 0 Å². The second-order valence-corrected chi connectivity index (χ2v) is 13.0. The molecular weight excluding hydrogens is 645 g/mol. The molecule has 4 aromatic rings. The molecule has 240 valence electrons. The van der Waals surface area contributed by atoms with Crippen LogP contribution in [0.5, 0.6) is 0 Å². The van der Waals surface area contributed by atoms with Crippen molar-refractivity contribution in [2.24, 2.45) is 7.05 Å². The Morgan fingerprint density at radius 1 is 1.00 bits per heavy atom. The second kappa shape index (κ2) is 14.1. The number of ether oxygens (including phenoxy) is 2. The van der Waals surface area contributed by atoms with Crippen LogP contribution in [0.2, 0.25) is 0 Å². The average Bonchev–Trinajstić information content (AvgIpc) is 3.52. The molecule has 47 heavy (non-hydrogen) atoms. The summed E-state index contributed by atoms with van der Waals surface area (Å²) in [6, 6.07) is 25.4. The number of thioether (sulfide) groups is 1. The molecule has 4 atom stereocenters. The van der Waals surface area contributed by atoms with Crippen molar-refractivity contribution in [1.29, 1.82) is 0 Å². The summed E-state index contributed by atoms with van der Waals surface area (Å²) >= 11 is 1.21. The number of nitrogens with one attached hydrogen (secondary N) is 1. The smallest absolute Gasteiger partial charge is 0.356 e. The van der Waals surface area contributed by atoms with E-state index < -0.39 is 52.2 Å². The molecule has 2 amide bonds. The van der Waals surface area contributed by atoms with Crippen LogP contribution in [0.4, 0.5) is 0 Å². The van der Waals surface area contributed by atoms with Crippen molar-refractivity contribution in [2.75, 3.05) is 11.5 Å². The summed E-state index contributed by atoms with van der Waals surface area (Å²) < 4.78 is 26.3. The van der Waals surface area contributed by atoms with E-state index in [0.29, 0.717) is 27.4 Å². The van der Waals surface area contributed by atoms with E-state index in [1.807, 2.05) is 60.7 Å². The highest BCUT2D eigenvalue weighted by Crippen LogP contribution is 2.39. The van der Waals surface area contributed by atoms with E-state index in [2.05, 4.69) is 20.8 Å². The molecule has 2 aliphatic heterocycles. The molecule has 6 rings (SSSR count). The van der Waals surface area contributed by atoms with Gasteiger partial charge in [0.05, 0.1) is 16.6 Å². The zero-order valence-electron chi connectivity index (χ0n) is 24.9. The molecule has 0 spiro atoms. The zero-order valence-corrected chi connectivity index (χ0v) is 26.5. The van der Waals surface area contributed by atoms with Crippen molar-refractivity contribution < 1.29 is 32.9 Å². The fourth-order valence-electron chi connectivity index (χ4n) is 5.40. The number of carbonyl (C=O) groups excluding carboxylic acids is 4. The fraction of sp³-hybridized carbons (Fsp3) is 0.219. The van der Waals surface area contributed by atoms with Gasteiger partial charge in [0.15, 0.2) is 6.10 Å². The number of nitrogens with zero attached hydrogens (tertiary/aromatic N) is 5. The quantitative estimate of drug-likeness (QED) is 0.102. The summed E-state index contributed by atoms with van der Waals surface area (Å²) in [5, 5.41) is 13.4. The number of aromatic nitrogens is 4. The highest BCUT2D eigenvalue weighted by atomic mass is 32.2. The van der Waals surface area contributed by atoms with Crippen LogP contribution in [0.3, 0.4) is 0 Å². The predicted molar refractivity (Wildman–Crippen MR) is 169 cm³/mol. The number of esters is 1. The summed E-state index contributed by atoms with van der Waals surface area (Å²) in [4.78, 5) is 53.6. The normalized spacial score (nSPS) is 19.4. The summed E-state index contributed by atoms with van der Waals surface area (Å²) in [5.74, 6) is -2.14. The van der Waals surface area contributed by atoms with Crippen molar-refractivity contribution >= 4 is 46.8 Å². The van der Waals surface area contributed by atoms with Gasteiger partial charge in [0.1, 0.15) is 17.1 Å². The van der Waals surface area contributed by atoms with Gasteiger partial charge in [-0.15, -0.1) is 5.10 Å². The average molecular weight is 673 g/mol. The minimum absolute atomic E-state index is 0.0478. The highest BCUT2D eigenvalue weighted by molar-refractivity contribution is 7.99. The van der Waals surface area contributed by atoms with E-state index in [0.717, 1.165) is 4.90 Å². The first-order chi connectivity index (χ1) is 22.9. The molecule has 1 N–H and O–H groups in total. The molecule has 1 saturated heterocycles. The van der Waals surface area contributed by atoms with Crippen molar-refractivity contribution in [3.05, 3.63) is 119 Å². The van der Waals surface area contributed by atoms with E-state index >= 15 is 0 Å². The van der Waals surface area contributed by atoms with E-state index in [9.17, 15) is 23.4 Å². The van der Waals surface area contributed by atoms with Crippen LogP contribution in [-0.2, 0) is 46.5 Å². The van der Waals surface area contributed by atoms with E-state index in [1.165, 1.54) is 16.4 Å². The number of fused-ring (bicyclic) bond motifs is 1. The van der Waals surface area contributed by atoms with Crippen molar-refractivity contribution in [2.45, 2.75) is 28.8 Å². The maximum Gasteiger partial charge on any atom is 0.356 e. The Bertz CT molecular complexity index is 1800. The van der Waals surface area contributed by atoms with Crippen molar-refractivity contribution in [1.82, 2.24) is 30.4 Å². The molecule has 15 heteroatoms. The fourth-order valence-corrected chi connectivity index (χ4v) is 8.07. The number of tetrazole rings is 1. The molecule has 13 nitrogen and oxygen atoms in total. The van der Waals surface area contributed by atoms with Crippen LogP contribution >= 0.6 is 11.8 Å². The molecule has 3 aromatic carbocycles. The number of benzene rings is 3. The molecular formula is C32H28N6O7S2.